The Morgan fingerprint density at radius 2 is 0.953 bits per heavy atom. The molecule has 1 aliphatic heterocycles. The zero-order chi connectivity index (χ0) is 28.3. The summed E-state index contributed by atoms with van der Waals surface area (Å²) in [4.78, 5) is 15.1. The third kappa shape index (κ3) is 3.63. The van der Waals surface area contributed by atoms with E-state index in [1.807, 2.05) is 97.1 Å². The van der Waals surface area contributed by atoms with Crippen molar-refractivity contribution in [3.63, 3.8) is 0 Å². The van der Waals surface area contributed by atoms with Gasteiger partial charge in [0.1, 0.15) is 5.52 Å². The Kier molecular flexibility index (Phi) is 5.10. The number of rotatable bonds is 3. The maximum atomic E-state index is 6.70. The van der Waals surface area contributed by atoms with E-state index in [0.717, 1.165) is 43.7 Å². The van der Waals surface area contributed by atoms with Gasteiger partial charge in [-0.2, -0.15) is 9.97 Å². The molecule has 3 heterocycles. The lowest BCUT2D eigenvalue weighted by molar-refractivity contribution is 0.366. The molecule has 202 valence electrons. The third-order valence-corrected chi connectivity index (χ3v) is 7.90. The van der Waals surface area contributed by atoms with Gasteiger partial charge in [-0.25, -0.2) is 4.98 Å². The highest BCUT2D eigenvalue weighted by Gasteiger charge is 2.30. The van der Waals surface area contributed by atoms with Crippen LogP contribution >= 0.6 is 0 Å². The molecule has 1 aliphatic rings. The number of nitrogens with zero attached hydrogens (tertiary/aromatic N) is 4. The van der Waals surface area contributed by atoms with Crippen LogP contribution in [-0.2, 0) is 0 Å². The van der Waals surface area contributed by atoms with Crippen molar-refractivity contribution >= 4 is 32.6 Å². The smallest absolute Gasteiger partial charge is 0.238 e. The predicted octanol–water partition coefficient (Wildman–Crippen LogP) is 9.35. The molecule has 2 aromatic heterocycles. The van der Waals surface area contributed by atoms with Gasteiger partial charge < -0.3 is 9.47 Å². The summed E-state index contributed by atoms with van der Waals surface area (Å²) in [6.45, 7) is 0. The summed E-state index contributed by atoms with van der Waals surface area (Å²) in [6, 6.07) is 44.4. The normalized spacial score (nSPS) is 12.1. The van der Waals surface area contributed by atoms with Crippen LogP contribution < -0.4 is 9.47 Å². The Morgan fingerprint density at radius 3 is 1.60 bits per heavy atom. The van der Waals surface area contributed by atoms with Crippen molar-refractivity contribution in [3.8, 4) is 51.7 Å². The largest absolute Gasteiger partial charge is 0.449 e. The van der Waals surface area contributed by atoms with Crippen LogP contribution in [0.2, 0.25) is 0 Å². The standard InChI is InChI=1S/C37H22N4O2/c1-3-13-23(14-4-1)35-38-36(24-15-5-2-6-16-24)40-37(39-35)41-28-20-10-9-19-27(28)31-25-17-7-8-18-26(25)33-34(32(31)41)43-30-22-12-11-21-29(30)42-33/h1-22H. The van der Waals surface area contributed by atoms with E-state index in [4.69, 9.17) is 24.4 Å². The molecule has 0 bridgehead atoms. The van der Waals surface area contributed by atoms with E-state index in [-0.39, 0.29) is 0 Å². The summed E-state index contributed by atoms with van der Waals surface area (Å²) in [7, 11) is 0. The van der Waals surface area contributed by atoms with Crippen LogP contribution in [0.25, 0.3) is 61.3 Å². The summed E-state index contributed by atoms with van der Waals surface area (Å²) in [5.41, 5.74) is 3.62. The van der Waals surface area contributed by atoms with Crippen molar-refractivity contribution < 1.29 is 9.47 Å². The Bertz CT molecular complexity index is 2290. The van der Waals surface area contributed by atoms with E-state index in [0.29, 0.717) is 40.6 Å². The predicted molar refractivity (Wildman–Crippen MR) is 169 cm³/mol. The van der Waals surface area contributed by atoms with E-state index in [1.54, 1.807) is 0 Å². The molecule has 0 N–H and O–H groups in total. The molecular weight excluding hydrogens is 532 g/mol. The summed E-state index contributed by atoms with van der Waals surface area (Å²) in [6.07, 6.45) is 0. The first-order valence-electron chi connectivity index (χ1n) is 14.1. The molecule has 0 aliphatic carbocycles. The molecule has 6 nitrogen and oxygen atoms in total. The quantitative estimate of drug-likeness (QED) is 0.218. The van der Waals surface area contributed by atoms with E-state index in [9.17, 15) is 0 Å². The molecule has 8 aromatic rings. The Balaban J connectivity index is 1.44. The van der Waals surface area contributed by atoms with Crippen molar-refractivity contribution in [1.82, 2.24) is 19.5 Å². The van der Waals surface area contributed by atoms with E-state index < -0.39 is 0 Å². The molecule has 0 saturated heterocycles. The first kappa shape index (κ1) is 23.7. The van der Waals surface area contributed by atoms with Gasteiger partial charge in [0.15, 0.2) is 34.6 Å². The second kappa shape index (κ2) is 9.26. The van der Waals surface area contributed by atoms with Gasteiger partial charge in [0.2, 0.25) is 5.95 Å². The number of benzene rings is 6. The van der Waals surface area contributed by atoms with Crippen LogP contribution in [0.15, 0.2) is 133 Å². The van der Waals surface area contributed by atoms with Crippen molar-refractivity contribution in [2.45, 2.75) is 0 Å². The Labute approximate surface area is 246 Å². The maximum Gasteiger partial charge on any atom is 0.238 e. The number of para-hydroxylation sites is 3. The molecule has 0 radical (unpaired) electrons. The van der Waals surface area contributed by atoms with Crippen LogP contribution in [0.3, 0.4) is 0 Å². The van der Waals surface area contributed by atoms with Crippen LogP contribution in [0.4, 0.5) is 0 Å². The number of fused-ring (bicyclic) bond motifs is 9. The van der Waals surface area contributed by atoms with Crippen LogP contribution in [0.1, 0.15) is 0 Å². The number of ether oxygens (including phenoxy) is 2. The molecule has 9 rings (SSSR count). The van der Waals surface area contributed by atoms with Crippen LogP contribution in [0.5, 0.6) is 23.0 Å². The molecule has 6 aromatic carbocycles. The molecule has 0 fully saturated rings. The van der Waals surface area contributed by atoms with Gasteiger partial charge in [0.25, 0.3) is 0 Å². The van der Waals surface area contributed by atoms with E-state index in [2.05, 4.69) is 41.0 Å². The fourth-order valence-corrected chi connectivity index (χ4v) is 6.00. The van der Waals surface area contributed by atoms with Gasteiger partial charge in [-0.3, -0.25) is 4.57 Å². The fourth-order valence-electron chi connectivity index (χ4n) is 6.00. The summed E-state index contributed by atoms with van der Waals surface area (Å²) in [5, 5.41) is 4.17. The summed E-state index contributed by atoms with van der Waals surface area (Å²) in [5.74, 6) is 4.33. The summed E-state index contributed by atoms with van der Waals surface area (Å²) >= 11 is 0. The van der Waals surface area contributed by atoms with Gasteiger partial charge in [-0.15, -0.1) is 0 Å². The van der Waals surface area contributed by atoms with E-state index in [1.165, 1.54) is 0 Å². The topological polar surface area (TPSA) is 62.1 Å². The van der Waals surface area contributed by atoms with Crippen molar-refractivity contribution in [2.24, 2.45) is 0 Å². The van der Waals surface area contributed by atoms with Crippen molar-refractivity contribution in [1.29, 1.82) is 0 Å². The second-order valence-corrected chi connectivity index (χ2v) is 10.4. The third-order valence-electron chi connectivity index (χ3n) is 7.90. The lowest BCUT2D eigenvalue weighted by atomic mass is 10.0. The lowest BCUT2D eigenvalue weighted by Gasteiger charge is -2.23. The molecule has 43 heavy (non-hydrogen) atoms. The minimum atomic E-state index is 0.499. The Hall–Kier alpha value is -6.01. The first-order chi connectivity index (χ1) is 21.3. The molecule has 0 spiro atoms. The minimum absolute atomic E-state index is 0.499. The molecule has 0 amide bonds. The van der Waals surface area contributed by atoms with Crippen LogP contribution in [0, 0.1) is 0 Å². The number of hydrogen-bond donors (Lipinski definition) is 0. The van der Waals surface area contributed by atoms with Gasteiger partial charge in [0.05, 0.1) is 5.52 Å². The van der Waals surface area contributed by atoms with E-state index >= 15 is 0 Å². The van der Waals surface area contributed by atoms with Gasteiger partial charge >= 0.3 is 0 Å². The van der Waals surface area contributed by atoms with Crippen molar-refractivity contribution in [3.05, 3.63) is 133 Å². The first-order valence-corrected chi connectivity index (χ1v) is 14.1. The Morgan fingerprint density at radius 1 is 0.442 bits per heavy atom. The zero-order valence-electron chi connectivity index (χ0n) is 22.8. The fraction of sp³-hybridized carbons (Fsp3) is 0. The molecule has 0 saturated carbocycles. The lowest BCUT2D eigenvalue weighted by Crippen LogP contribution is -2.08. The maximum absolute atomic E-state index is 6.70. The van der Waals surface area contributed by atoms with Gasteiger partial charge in [-0.05, 0) is 23.6 Å². The minimum Gasteiger partial charge on any atom is -0.449 e. The number of hydrogen-bond acceptors (Lipinski definition) is 5. The van der Waals surface area contributed by atoms with Crippen LogP contribution in [-0.4, -0.2) is 19.5 Å². The highest BCUT2D eigenvalue weighted by atomic mass is 16.6. The average Bonchev–Trinajstić information content (AvgIpc) is 3.44. The highest BCUT2D eigenvalue weighted by molar-refractivity contribution is 6.25. The monoisotopic (exact) mass is 554 g/mol. The average molecular weight is 555 g/mol. The van der Waals surface area contributed by atoms with Gasteiger partial charge in [-0.1, -0.05) is 115 Å². The highest BCUT2D eigenvalue weighted by Crippen LogP contribution is 2.54. The molecule has 0 unspecified atom stereocenters. The molecular formula is C37H22N4O2. The van der Waals surface area contributed by atoms with Crippen molar-refractivity contribution in [2.75, 3.05) is 0 Å². The van der Waals surface area contributed by atoms with Gasteiger partial charge in [0, 0.05) is 27.3 Å². The summed E-state index contributed by atoms with van der Waals surface area (Å²) < 4.78 is 15.4. The zero-order valence-corrected chi connectivity index (χ0v) is 22.8. The SMILES string of the molecule is c1ccc(-c2nc(-c3ccccc3)nc(-n3c4ccccc4c4c5ccccc5c5c(c43)Oc3ccccc3O5)n2)cc1. The second-order valence-electron chi connectivity index (χ2n) is 10.4. The molecule has 0 atom stereocenters. The number of aromatic nitrogens is 4. The molecule has 6 heteroatoms.